The third-order valence-electron chi connectivity index (χ3n) is 0.589. The first-order valence-electron chi connectivity index (χ1n) is 3.09. The lowest BCUT2D eigenvalue weighted by Gasteiger charge is -2.21. The molecular weight excluding hydrogens is 98.9 g/mol. The molecule has 0 amide bonds. The molecule has 8 heavy (non-hydrogen) atoms. The average Bonchev–Trinajstić information content (AvgIpc) is 1.21. The van der Waals surface area contributed by atoms with Gasteiger partial charge < -0.3 is 4.65 Å². The molecule has 0 bridgehead atoms. The van der Waals surface area contributed by atoms with E-state index >= 15 is 0 Å². The molecule has 0 radical (unpaired) electrons. The van der Waals surface area contributed by atoms with Crippen LogP contribution in [0.2, 0.25) is 13.6 Å². The highest BCUT2D eigenvalue weighted by atomic mass is 16.5. The molecule has 0 fully saturated rings. The molecule has 0 heterocycles. The molecule has 0 aliphatic heterocycles. The molecule has 0 aromatic rings. The molecule has 0 unspecified atom stereocenters. The largest absolute Gasteiger partial charge is 0.432 e. The third-order valence-corrected chi connectivity index (χ3v) is 0.589. The summed E-state index contributed by atoms with van der Waals surface area (Å²) in [4.78, 5) is 0. The zero-order valence-electron chi connectivity index (χ0n) is 6.49. The molecule has 0 aliphatic carbocycles. The Morgan fingerprint density at radius 3 is 1.50 bits per heavy atom. The molecule has 0 saturated carbocycles. The van der Waals surface area contributed by atoms with Crippen LogP contribution in [-0.2, 0) is 4.65 Å². The maximum atomic E-state index is 5.44. The van der Waals surface area contributed by atoms with Crippen LogP contribution < -0.4 is 0 Å². The van der Waals surface area contributed by atoms with E-state index in [9.17, 15) is 0 Å². The van der Waals surface area contributed by atoms with E-state index in [1.165, 1.54) is 0 Å². The van der Waals surface area contributed by atoms with Gasteiger partial charge in [-0.05, 0) is 20.8 Å². The van der Waals surface area contributed by atoms with E-state index in [1.807, 2.05) is 13.6 Å². The highest BCUT2D eigenvalue weighted by Gasteiger charge is 2.12. The van der Waals surface area contributed by atoms with E-state index in [1.54, 1.807) is 0 Å². The van der Waals surface area contributed by atoms with Gasteiger partial charge in [-0.2, -0.15) is 0 Å². The van der Waals surface area contributed by atoms with E-state index in [0.717, 1.165) is 0 Å². The molecule has 0 aromatic carbocycles. The second-order valence-corrected chi connectivity index (χ2v) is 3.28. The zero-order valence-corrected chi connectivity index (χ0v) is 6.49. The van der Waals surface area contributed by atoms with Gasteiger partial charge in [-0.3, -0.25) is 0 Å². The first kappa shape index (κ1) is 8.02. The Morgan fingerprint density at radius 2 is 1.50 bits per heavy atom. The first-order chi connectivity index (χ1) is 3.42. The molecule has 0 aliphatic rings. The predicted octanol–water partition coefficient (Wildman–Crippen LogP) is 2.05. The highest BCUT2D eigenvalue weighted by Crippen LogP contribution is 2.07. The van der Waals surface area contributed by atoms with Gasteiger partial charge in [0.05, 0.1) is 0 Å². The standard InChI is InChI=1S/C6H15BO/c1-6(2,3)8-7(4)5/h1-5H3. The quantitative estimate of drug-likeness (QED) is 0.474. The van der Waals surface area contributed by atoms with E-state index in [0.29, 0.717) is 6.92 Å². The number of rotatable bonds is 1. The van der Waals surface area contributed by atoms with Gasteiger partial charge in [0.25, 0.3) is 6.92 Å². The van der Waals surface area contributed by atoms with Gasteiger partial charge in [0.2, 0.25) is 0 Å². The van der Waals surface area contributed by atoms with Crippen molar-refractivity contribution in [2.45, 2.75) is 40.0 Å². The minimum absolute atomic E-state index is 0.0220. The fourth-order valence-corrected chi connectivity index (χ4v) is 0.707. The Bertz CT molecular complexity index is 63.4. The van der Waals surface area contributed by atoms with Crippen molar-refractivity contribution in [2.24, 2.45) is 0 Å². The van der Waals surface area contributed by atoms with Crippen molar-refractivity contribution in [3.05, 3.63) is 0 Å². The maximum Gasteiger partial charge on any atom is 0.287 e. The lowest BCUT2D eigenvalue weighted by Crippen LogP contribution is -2.25. The summed E-state index contributed by atoms with van der Waals surface area (Å²) < 4.78 is 5.44. The summed E-state index contributed by atoms with van der Waals surface area (Å²) in [5.74, 6) is 0. The van der Waals surface area contributed by atoms with Gasteiger partial charge in [-0.1, -0.05) is 13.6 Å². The minimum Gasteiger partial charge on any atom is -0.432 e. The summed E-state index contributed by atoms with van der Waals surface area (Å²) in [5.41, 5.74) is 0.0220. The summed E-state index contributed by atoms with van der Waals surface area (Å²) in [6, 6.07) is 0. The zero-order chi connectivity index (χ0) is 6.78. The molecule has 1 nitrogen and oxygen atoms in total. The van der Waals surface area contributed by atoms with E-state index in [4.69, 9.17) is 4.65 Å². The molecule has 0 saturated heterocycles. The summed E-state index contributed by atoms with van der Waals surface area (Å²) >= 11 is 0. The molecule has 2 heteroatoms. The molecule has 0 N–H and O–H groups in total. The van der Waals surface area contributed by atoms with Crippen molar-refractivity contribution >= 4 is 6.92 Å². The van der Waals surface area contributed by atoms with Gasteiger partial charge in [0, 0.05) is 5.60 Å². The molecule has 0 atom stereocenters. The SMILES string of the molecule is CB(C)OC(C)(C)C. The fourth-order valence-electron chi connectivity index (χ4n) is 0.707. The van der Waals surface area contributed by atoms with Crippen molar-refractivity contribution in [1.82, 2.24) is 0 Å². The summed E-state index contributed by atoms with van der Waals surface area (Å²) in [7, 11) is 0. The van der Waals surface area contributed by atoms with Gasteiger partial charge in [0.1, 0.15) is 0 Å². The Balaban J connectivity index is 3.39. The Kier molecular flexibility index (Phi) is 2.55. The van der Waals surface area contributed by atoms with Crippen LogP contribution in [0, 0.1) is 0 Å². The smallest absolute Gasteiger partial charge is 0.287 e. The minimum atomic E-state index is 0.0220. The average molecular weight is 114 g/mol. The van der Waals surface area contributed by atoms with Crippen LogP contribution in [0.1, 0.15) is 20.8 Å². The van der Waals surface area contributed by atoms with Crippen molar-refractivity contribution in [3.8, 4) is 0 Å². The third kappa shape index (κ3) is 6.02. The van der Waals surface area contributed by atoms with E-state index in [-0.39, 0.29) is 5.60 Å². The number of hydrogen-bond acceptors (Lipinski definition) is 1. The summed E-state index contributed by atoms with van der Waals surface area (Å²) in [6.45, 7) is 10.6. The van der Waals surface area contributed by atoms with E-state index in [2.05, 4.69) is 20.8 Å². The normalized spacial score (nSPS) is 11.6. The van der Waals surface area contributed by atoms with Crippen LogP contribution in [0.15, 0.2) is 0 Å². The maximum absolute atomic E-state index is 5.44. The molecule has 48 valence electrons. The predicted molar refractivity (Wildman–Crippen MR) is 38.3 cm³/mol. The van der Waals surface area contributed by atoms with Crippen molar-refractivity contribution in [2.75, 3.05) is 0 Å². The Hall–Kier alpha value is 0.0249. The van der Waals surface area contributed by atoms with Gasteiger partial charge in [0.15, 0.2) is 0 Å². The Labute approximate surface area is 52.5 Å². The van der Waals surface area contributed by atoms with Crippen LogP contribution >= 0.6 is 0 Å². The van der Waals surface area contributed by atoms with Crippen molar-refractivity contribution < 1.29 is 4.65 Å². The fraction of sp³-hybridized carbons (Fsp3) is 1.00. The molecular formula is C6H15BO. The number of hydrogen-bond donors (Lipinski definition) is 0. The summed E-state index contributed by atoms with van der Waals surface area (Å²) in [6.07, 6.45) is 0. The second kappa shape index (κ2) is 2.54. The lowest BCUT2D eigenvalue weighted by molar-refractivity contribution is 0.132. The van der Waals surface area contributed by atoms with Crippen LogP contribution in [0.5, 0.6) is 0 Å². The van der Waals surface area contributed by atoms with Crippen LogP contribution in [-0.4, -0.2) is 12.5 Å². The highest BCUT2D eigenvalue weighted by molar-refractivity contribution is 6.48. The monoisotopic (exact) mass is 114 g/mol. The topological polar surface area (TPSA) is 9.23 Å². The van der Waals surface area contributed by atoms with Crippen molar-refractivity contribution in [3.63, 3.8) is 0 Å². The first-order valence-corrected chi connectivity index (χ1v) is 3.09. The van der Waals surface area contributed by atoms with Crippen molar-refractivity contribution in [1.29, 1.82) is 0 Å². The van der Waals surface area contributed by atoms with Gasteiger partial charge >= 0.3 is 0 Å². The van der Waals surface area contributed by atoms with Crippen LogP contribution in [0.4, 0.5) is 0 Å². The molecule has 0 rings (SSSR count). The van der Waals surface area contributed by atoms with Gasteiger partial charge in [-0.15, -0.1) is 0 Å². The summed E-state index contributed by atoms with van der Waals surface area (Å²) in [5, 5.41) is 0. The molecule has 0 aromatic heterocycles. The van der Waals surface area contributed by atoms with Gasteiger partial charge in [-0.25, -0.2) is 0 Å². The van der Waals surface area contributed by atoms with Crippen LogP contribution in [0.25, 0.3) is 0 Å². The van der Waals surface area contributed by atoms with Crippen LogP contribution in [0.3, 0.4) is 0 Å². The second-order valence-electron chi connectivity index (χ2n) is 3.28. The Morgan fingerprint density at radius 1 is 1.12 bits per heavy atom. The molecule has 0 spiro atoms. The lowest BCUT2D eigenvalue weighted by atomic mass is 9.74. The van der Waals surface area contributed by atoms with E-state index < -0.39 is 0 Å².